The van der Waals surface area contributed by atoms with Crippen molar-refractivity contribution in [2.45, 2.75) is 39.5 Å². The molecular weight excluding hydrogens is 328 g/mol. The molecule has 0 radical (unpaired) electrons. The molecule has 0 aliphatic heterocycles. The van der Waals surface area contributed by atoms with Gasteiger partial charge in [0.1, 0.15) is 11.5 Å². The lowest BCUT2D eigenvalue weighted by Gasteiger charge is -2.15. The molecule has 26 heavy (non-hydrogen) atoms. The van der Waals surface area contributed by atoms with E-state index in [0.29, 0.717) is 5.92 Å². The molecule has 0 saturated carbocycles. The number of aryl methyl sites for hydroxylation is 2. The van der Waals surface area contributed by atoms with Crippen LogP contribution in [0.2, 0.25) is 0 Å². The van der Waals surface area contributed by atoms with Crippen LogP contribution in [0.3, 0.4) is 0 Å². The molecule has 0 saturated heterocycles. The number of aliphatic imine (C=N–C) groups is 1. The van der Waals surface area contributed by atoms with E-state index < -0.39 is 0 Å². The average Bonchev–Trinajstić information content (AvgIpc) is 2.98. The van der Waals surface area contributed by atoms with Gasteiger partial charge in [-0.3, -0.25) is 4.99 Å². The predicted octanol–water partition coefficient (Wildman–Crippen LogP) is 3.20. The van der Waals surface area contributed by atoms with Crippen molar-refractivity contribution in [2.24, 2.45) is 4.99 Å². The van der Waals surface area contributed by atoms with Crippen LogP contribution in [0, 0.1) is 13.8 Å². The standard InChI is InChI=1S/C20H30N4O2/c1-14(17-6-8-18(25-5)9-7-17)10-12-22-20(21-4)23-13-11-19-15(2)24-26-16(19)3/h6-9,14H,10-13H2,1-5H3,(H2,21,22,23). The molecule has 1 atom stereocenters. The minimum Gasteiger partial charge on any atom is -0.497 e. The van der Waals surface area contributed by atoms with Crippen molar-refractivity contribution in [2.75, 3.05) is 27.2 Å². The molecule has 1 aromatic heterocycles. The molecule has 6 nitrogen and oxygen atoms in total. The highest BCUT2D eigenvalue weighted by atomic mass is 16.5. The third-order valence-corrected chi connectivity index (χ3v) is 4.63. The first-order valence-electron chi connectivity index (χ1n) is 9.05. The third kappa shape index (κ3) is 5.51. The number of aromatic nitrogens is 1. The second-order valence-electron chi connectivity index (χ2n) is 6.44. The Morgan fingerprint density at radius 2 is 1.88 bits per heavy atom. The normalized spacial score (nSPS) is 12.7. The van der Waals surface area contributed by atoms with E-state index in [4.69, 9.17) is 9.26 Å². The summed E-state index contributed by atoms with van der Waals surface area (Å²) in [5.74, 6) is 3.06. The maximum absolute atomic E-state index is 5.21. The minimum absolute atomic E-state index is 0.466. The highest BCUT2D eigenvalue weighted by molar-refractivity contribution is 5.79. The van der Waals surface area contributed by atoms with Gasteiger partial charge in [-0.05, 0) is 50.3 Å². The van der Waals surface area contributed by atoms with Crippen LogP contribution in [0.4, 0.5) is 0 Å². The monoisotopic (exact) mass is 358 g/mol. The highest BCUT2D eigenvalue weighted by Gasteiger charge is 2.09. The largest absolute Gasteiger partial charge is 0.497 e. The van der Waals surface area contributed by atoms with Crippen molar-refractivity contribution in [1.29, 1.82) is 0 Å². The lowest BCUT2D eigenvalue weighted by Crippen LogP contribution is -2.39. The summed E-state index contributed by atoms with van der Waals surface area (Å²) >= 11 is 0. The molecule has 6 heteroatoms. The molecule has 1 heterocycles. The van der Waals surface area contributed by atoms with Gasteiger partial charge in [0.15, 0.2) is 5.96 Å². The summed E-state index contributed by atoms with van der Waals surface area (Å²) in [4.78, 5) is 4.28. The number of nitrogens with zero attached hydrogens (tertiary/aromatic N) is 2. The SMILES string of the molecule is CN=C(NCCc1c(C)noc1C)NCCC(C)c1ccc(OC)cc1. The van der Waals surface area contributed by atoms with E-state index in [2.05, 4.69) is 39.8 Å². The van der Waals surface area contributed by atoms with Gasteiger partial charge in [-0.15, -0.1) is 0 Å². The second kappa shape index (κ2) is 9.85. The van der Waals surface area contributed by atoms with Crippen LogP contribution in [0.1, 0.15) is 41.8 Å². The van der Waals surface area contributed by atoms with E-state index in [1.165, 1.54) is 11.1 Å². The Labute approximate surface area is 156 Å². The summed E-state index contributed by atoms with van der Waals surface area (Å²) in [6, 6.07) is 8.27. The second-order valence-corrected chi connectivity index (χ2v) is 6.44. The van der Waals surface area contributed by atoms with E-state index in [-0.39, 0.29) is 0 Å². The molecule has 2 rings (SSSR count). The van der Waals surface area contributed by atoms with Gasteiger partial charge < -0.3 is 19.9 Å². The summed E-state index contributed by atoms with van der Waals surface area (Å²) in [6.45, 7) is 7.80. The van der Waals surface area contributed by atoms with Gasteiger partial charge in [-0.25, -0.2) is 0 Å². The van der Waals surface area contributed by atoms with E-state index in [0.717, 1.165) is 49.1 Å². The van der Waals surface area contributed by atoms with Crippen LogP contribution in [0.25, 0.3) is 0 Å². The molecular formula is C20H30N4O2. The van der Waals surface area contributed by atoms with Gasteiger partial charge in [0.05, 0.1) is 12.8 Å². The van der Waals surface area contributed by atoms with Gasteiger partial charge in [0, 0.05) is 25.7 Å². The van der Waals surface area contributed by atoms with Crippen molar-refractivity contribution in [3.05, 3.63) is 46.8 Å². The lowest BCUT2D eigenvalue weighted by atomic mass is 9.98. The van der Waals surface area contributed by atoms with Crippen molar-refractivity contribution < 1.29 is 9.26 Å². The Kier molecular flexibility index (Phi) is 7.51. The van der Waals surface area contributed by atoms with Gasteiger partial charge in [0.25, 0.3) is 0 Å². The molecule has 0 aliphatic rings. The summed E-state index contributed by atoms with van der Waals surface area (Å²) in [7, 11) is 3.48. The van der Waals surface area contributed by atoms with Crippen LogP contribution >= 0.6 is 0 Å². The number of guanidine groups is 1. The molecule has 0 aliphatic carbocycles. The Morgan fingerprint density at radius 3 is 2.46 bits per heavy atom. The van der Waals surface area contributed by atoms with E-state index in [9.17, 15) is 0 Å². The summed E-state index contributed by atoms with van der Waals surface area (Å²) < 4.78 is 10.4. The number of hydrogen-bond acceptors (Lipinski definition) is 4. The minimum atomic E-state index is 0.466. The van der Waals surface area contributed by atoms with Crippen molar-refractivity contribution in [3.63, 3.8) is 0 Å². The Morgan fingerprint density at radius 1 is 1.19 bits per heavy atom. The highest BCUT2D eigenvalue weighted by Crippen LogP contribution is 2.21. The fourth-order valence-electron chi connectivity index (χ4n) is 2.89. The van der Waals surface area contributed by atoms with E-state index in [1.807, 2.05) is 26.0 Å². The van der Waals surface area contributed by atoms with Crippen molar-refractivity contribution in [3.8, 4) is 5.75 Å². The van der Waals surface area contributed by atoms with Crippen LogP contribution in [0.15, 0.2) is 33.8 Å². The van der Waals surface area contributed by atoms with Crippen molar-refractivity contribution >= 4 is 5.96 Å². The Balaban J connectivity index is 1.72. The summed E-state index contributed by atoms with van der Waals surface area (Å²) in [6.07, 6.45) is 1.89. The number of rotatable bonds is 8. The average molecular weight is 358 g/mol. The lowest BCUT2D eigenvalue weighted by molar-refractivity contribution is 0.392. The molecule has 2 N–H and O–H groups in total. The van der Waals surface area contributed by atoms with Crippen molar-refractivity contribution in [1.82, 2.24) is 15.8 Å². The van der Waals surface area contributed by atoms with E-state index in [1.54, 1.807) is 14.2 Å². The first-order chi connectivity index (χ1) is 12.5. The Hall–Kier alpha value is -2.50. The van der Waals surface area contributed by atoms with Gasteiger partial charge in [-0.2, -0.15) is 0 Å². The summed E-state index contributed by atoms with van der Waals surface area (Å²) in [5, 5.41) is 10.7. The van der Waals surface area contributed by atoms with Gasteiger partial charge in [0.2, 0.25) is 0 Å². The molecule has 142 valence electrons. The topological polar surface area (TPSA) is 71.7 Å². The first-order valence-corrected chi connectivity index (χ1v) is 9.05. The zero-order valence-electron chi connectivity index (χ0n) is 16.4. The third-order valence-electron chi connectivity index (χ3n) is 4.63. The number of ether oxygens (including phenoxy) is 1. The predicted molar refractivity (Wildman–Crippen MR) is 105 cm³/mol. The maximum atomic E-state index is 5.21. The van der Waals surface area contributed by atoms with Crippen LogP contribution in [-0.2, 0) is 6.42 Å². The number of hydrogen-bond donors (Lipinski definition) is 2. The molecule has 0 fully saturated rings. The summed E-state index contributed by atoms with van der Waals surface area (Å²) in [5.41, 5.74) is 3.44. The quantitative estimate of drug-likeness (QED) is 0.560. The maximum Gasteiger partial charge on any atom is 0.190 e. The van der Waals surface area contributed by atoms with Gasteiger partial charge >= 0.3 is 0 Å². The molecule has 1 unspecified atom stereocenters. The molecule has 0 amide bonds. The number of nitrogens with one attached hydrogen (secondary N) is 2. The van der Waals surface area contributed by atoms with Crippen LogP contribution in [-0.4, -0.2) is 38.4 Å². The number of methoxy groups -OCH3 is 1. The smallest absolute Gasteiger partial charge is 0.190 e. The van der Waals surface area contributed by atoms with E-state index >= 15 is 0 Å². The fraction of sp³-hybridized carbons (Fsp3) is 0.500. The van der Waals surface area contributed by atoms with Gasteiger partial charge in [-0.1, -0.05) is 24.2 Å². The fourth-order valence-corrected chi connectivity index (χ4v) is 2.89. The number of benzene rings is 1. The molecule has 1 aromatic carbocycles. The molecule has 2 aromatic rings. The molecule has 0 spiro atoms. The zero-order chi connectivity index (χ0) is 18.9. The van der Waals surface area contributed by atoms with Crippen LogP contribution in [0.5, 0.6) is 5.75 Å². The molecule has 0 bridgehead atoms. The van der Waals surface area contributed by atoms with Crippen LogP contribution < -0.4 is 15.4 Å². The zero-order valence-corrected chi connectivity index (χ0v) is 16.4. The Bertz CT molecular complexity index is 688. The first kappa shape index (κ1) is 19.8.